The van der Waals surface area contributed by atoms with Crippen LogP contribution in [0.2, 0.25) is 0 Å². The molecule has 0 aliphatic heterocycles. The Labute approximate surface area is 118 Å². The van der Waals surface area contributed by atoms with Gasteiger partial charge in [0.15, 0.2) is 0 Å². The van der Waals surface area contributed by atoms with Gasteiger partial charge in [-0.3, -0.25) is 4.57 Å². The fraction of sp³-hybridized carbons (Fsp3) is 0.429. The maximum absolute atomic E-state index is 14.5. The van der Waals surface area contributed by atoms with E-state index in [9.17, 15) is 13.3 Å². The highest BCUT2D eigenvalue weighted by Crippen LogP contribution is 2.66. The van der Waals surface area contributed by atoms with E-state index in [0.717, 1.165) is 0 Å². The zero-order valence-corrected chi connectivity index (χ0v) is 12.8. The Kier molecular flexibility index (Phi) is 5.63. The molecule has 112 valence electrons. The van der Waals surface area contributed by atoms with Gasteiger partial charge in [-0.05, 0) is 31.9 Å². The molecule has 1 aromatic carbocycles. The zero-order chi connectivity index (χ0) is 15.4. The minimum atomic E-state index is -4.60. The monoisotopic (exact) mass is 304 g/mol. The molecule has 20 heavy (non-hydrogen) atoms. The van der Waals surface area contributed by atoms with Gasteiger partial charge in [0.25, 0.3) is 0 Å². The minimum absolute atomic E-state index is 0.131. The first-order valence-electron chi connectivity index (χ1n) is 6.32. The summed E-state index contributed by atoms with van der Waals surface area (Å²) in [6.45, 7) is 7.80. The normalized spacial score (nSPS) is 12.4. The molecule has 0 bridgehead atoms. The highest BCUT2D eigenvalue weighted by atomic mass is 31.2. The van der Waals surface area contributed by atoms with Crippen molar-refractivity contribution in [3.8, 4) is 0 Å². The van der Waals surface area contributed by atoms with Crippen LogP contribution in [0.3, 0.4) is 0 Å². The van der Waals surface area contributed by atoms with Gasteiger partial charge in [0.1, 0.15) is 0 Å². The SMILES string of the molecule is C=C(c1ccccc1C)C(F)(F)P(=O)(OCC)OCC. The average Bonchev–Trinajstić information content (AvgIpc) is 2.39. The molecule has 0 aliphatic rings. The van der Waals surface area contributed by atoms with Crippen molar-refractivity contribution in [1.29, 1.82) is 0 Å². The Morgan fingerprint density at radius 2 is 1.75 bits per heavy atom. The van der Waals surface area contributed by atoms with Crippen LogP contribution in [-0.4, -0.2) is 18.9 Å². The van der Waals surface area contributed by atoms with E-state index in [-0.39, 0.29) is 18.8 Å². The van der Waals surface area contributed by atoms with E-state index in [4.69, 9.17) is 9.05 Å². The Balaban J connectivity index is 3.23. The van der Waals surface area contributed by atoms with Crippen LogP contribution in [0.1, 0.15) is 25.0 Å². The molecular formula is C14H19F2O3P. The lowest BCUT2D eigenvalue weighted by molar-refractivity contribution is 0.0874. The number of allylic oxidation sites excluding steroid dienone is 1. The predicted molar refractivity (Wildman–Crippen MR) is 76.0 cm³/mol. The van der Waals surface area contributed by atoms with Gasteiger partial charge in [0.2, 0.25) is 0 Å². The Bertz CT molecular complexity index is 519. The topological polar surface area (TPSA) is 35.5 Å². The summed E-state index contributed by atoms with van der Waals surface area (Å²) in [5.74, 6) is 0. The second-order valence-electron chi connectivity index (χ2n) is 4.17. The largest absolute Gasteiger partial charge is 0.404 e. The predicted octanol–water partition coefficient (Wildman–Crippen LogP) is 4.87. The number of hydrogen-bond donors (Lipinski definition) is 0. The summed E-state index contributed by atoms with van der Waals surface area (Å²) in [6.07, 6.45) is 0. The first-order chi connectivity index (χ1) is 9.30. The molecule has 0 spiro atoms. The third-order valence-corrected chi connectivity index (χ3v) is 4.93. The van der Waals surface area contributed by atoms with Crippen molar-refractivity contribution in [2.45, 2.75) is 26.4 Å². The summed E-state index contributed by atoms with van der Waals surface area (Å²) >= 11 is 0. The molecule has 0 aliphatic carbocycles. The first kappa shape index (κ1) is 17.0. The standard InChI is InChI=1S/C14H19F2O3P/c1-5-18-20(17,19-6-2)14(15,16)12(4)13-10-8-7-9-11(13)3/h7-10H,4-6H2,1-3H3. The van der Waals surface area contributed by atoms with E-state index in [1.54, 1.807) is 25.1 Å². The van der Waals surface area contributed by atoms with Crippen molar-refractivity contribution in [2.75, 3.05) is 13.2 Å². The van der Waals surface area contributed by atoms with Crippen LogP contribution in [-0.2, 0) is 13.6 Å². The molecular weight excluding hydrogens is 285 g/mol. The molecule has 0 radical (unpaired) electrons. The summed E-state index contributed by atoms with van der Waals surface area (Å²) in [6, 6.07) is 6.54. The molecule has 0 unspecified atom stereocenters. The van der Waals surface area contributed by atoms with Crippen LogP contribution in [0.25, 0.3) is 5.57 Å². The molecule has 0 heterocycles. The van der Waals surface area contributed by atoms with E-state index in [1.807, 2.05) is 0 Å². The summed E-state index contributed by atoms with van der Waals surface area (Å²) in [7, 11) is -4.60. The van der Waals surface area contributed by atoms with Crippen molar-refractivity contribution in [3.05, 3.63) is 42.0 Å². The lowest BCUT2D eigenvalue weighted by Gasteiger charge is -2.27. The quantitative estimate of drug-likeness (QED) is 0.674. The van der Waals surface area contributed by atoms with Gasteiger partial charge in [-0.25, -0.2) is 0 Å². The van der Waals surface area contributed by atoms with Gasteiger partial charge in [0.05, 0.1) is 13.2 Å². The maximum Gasteiger partial charge on any atom is 0.404 e. The number of hydrogen-bond acceptors (Lipinski definition) is 3. The highest BCUT2D eigenvalue weighted by Gasteiger charge is 2.55. The molecule has 0 fully saturated rings. The third kappa shape index (κ3) is 3.17. The van der Waals surface area contributed by atoms with Crippen LogP contribution in [0.5, 0.6) is 0 Å². The Morgan fingerprint density at radius 1 is 1.25 bits per heavy atom. The zero-order valence-electron chi connectivity index (χ0n) is 11.9. The third-order valence-electron chi connectivity index (χ3n) is 2.78. The Hall–Kier alpha value is -1.03. The van der Waals surface area contributed by atoms with E-state index >= 15 is 0 Å². The second-order valence-corrected chi connectivity index (χ2v) is 6.24. The molecule has 0 amide bonds. The number of halogens is 2. The molecule has 0 aromatic heterocycles. The number of aryl methyl sites for hydroxylation is 1. The van der Waals surface area contributed by atoms with Crippen LogP contribution < -0.4 is 0 Å². The van der Waals surface area contributed by atoms with Gasteiger partial charge >= 0.3 is 13.3 Å². The first-order valence-corrected chi connectivity index (χ1v) is 7.86. The molecule has 6 heteroatoms. The maximum atomic E-state index is 14.5. The fourth-order valence-electron chi connectivity index (χ4n) is 1.78. The van der Waals surface area contributed by atoms with E-state index in [0.29, 0.717) is 5.56 Å². The molecule has 1 rings (SSSR count). The molecule has 0 N–H and O–H groups in total. The van der Waals surface area contributed by atoms with Crippen molar-refractivity contribution in [2.24, 2.45) is 0 Å². The minimum Gasteiger partial charge on any atom is -0.304 e. The lowest BCUT2D eigenvalue weighted by Crippen LogP contribution is -2.22. The lowest BCUT2D eigenvalue weighted by atomic mass is 10.0. The Morgan fingerprint density at radius 3 is 2.20 bits per heavy atom. The number of rotatable bonds is 7. The average molecular weight is 304 g/mol. The van der Waals surface area contributed by atoms with Gasteiger partial charge < -0.3 is 9.05 Å². The molecule has 0 atom stereocenters. The van der Waals surface area contributed by atoms with Crippen molar-refractivity contribution in [3.63, 3.8) is 0 Å². The summed E-state index contributed by atoms with van der Waals surface area (Å²) in [4.78, 5) is 0. The molecule has 0 saturated carbocycles. The molecule has 0 saturated heterocycles. The van der Waals surface area contributed by atoms with Crippen LogP contribution in [0.4, 0.5) is 8.78 Å². The van der Waals surface area contributed by atoms with Gasteiger partial charge in [-0.2, -0.15) is 8.78 Å². The van der Waals surface area contributed by atoms with Crippen molar-refractivity contribution in [1.82, 2.24) is 0 Å². The highest BCUT2D eigenvalue weighted by molar-refractivity contribution is 7.55. The van der Waals surface area contributed by atoms with Gasteiger partial charge in [0, 0.05) is 5.57 Å². The fourth-order valence-corrected chi connectivity index (χ4v) is 3.31. The molecule has 3 nitrogen and oxygen atoms in total. The van der Waals surface area contributed by atoms with E-state index < -0.39 is 18.8 Å². The number of alkyl halides is 2. The number of benzene rings is 1. The van der Waals surface area contributed by atoms with E-state index in [1.165, 1.54) is 19.9 Å². The van der Waals surface area contributed by atoms with Crippen molar-refractivity contribution < 1.29 is 22.4 Å². The second kappa shape index (κ2) is 6.61. The van der Waals surface area contributed by atoms with Crippen LogP contribution in [0.15, 0.2) is 30.8 Å². The summed E-state index contributed by atoms with van der Waals surface area (Å²) in [5, 5.41) is 0. The van der Waals surface area contributed by atoms with Crippen LogP contribution in [0, 0.1) is 6.92 Å². The van der Waals surface area contributed by atoms with Crippen molar-refractivity contribution >= 4 is 13.2 Å². The van der Waals surface area contributed by atoms with Gasteiger partial charge in [-0.15, -0.1) is 0 Å². The molecule has 1 aromatic rings. The van der Waals surface area contributed by atoms with E-state index in [2.05, 4.69) is 6.58 Å². The van der Waals surface area contributed by atoms with Crippen LogP contribution >= 0.6 is 7.60 Å². The summed E-state index contributed by atoms with van der Waals surface area (Å²) in [5.41, 5.74) is -3.46. The smallest absolute Gasteiger partial charge is 0.304 e. The summed E-state index contributed by atoms with van der Waals surface area (Å²) < 4.78 is 50.8. The van der Waals surface area contributed by atoms with Gasteiger partial charge in [-0.1, -0.05) is 30.8 Å².